The van der Waals surface area contributed by atoms with Crippen LogP contribution in [0.1, 0.15) is 45.2 Å². The lowest BCUT2D eigenvalue weighted by Gasteiger charge is -2.25. The predicted molar refractivity (Wildman–Crippen MR) is 86.1 cm³/mol. The van der Waals surface area contributed by atoms with Gasteiger partial charge in [-0.3, -0.25) is 0 Å². The van der Waals surface area contributed by atoms with Crippen molar-refractivity contribution in [2.45, 2.75) is 59.6 Å². The zero-order valence-electron chi connectivity index (χ0n) is 12.9. The van der Waals surface area contributed by atoms with E-state index in [1.54, 1.807) is 0 Å². The third-order valence-corrected chi connectivity index (χ3v) is 4.28. The summed E-state index contributed by atoms with van der Waals surface area (Å²) in [6.07, 6.45) is 1.20. The topological polar surface area (TPSA) is 21.3 Å². The molecule has 108 valence electrons. The molecule has 1 aromatic rings. The van der Waals surface area contributed by atoms with E-state index in [0.717, 1.165) is 18.7 Å². The highest BCUT2D eigenvalue weighted by atomic mass is 79.9. The van der Waals surface area contributed by atoms with E-state index in [1.165, 1.54) is 15.6 Å². The van der Waals surface area contributed by atoms with Crippen molar-refractivity contribution in [1.82, 2.24) is 5.32 Å². The molecule has 0 radical (unpaired) electrons. The van der Waals surface area contributed by atoms with Gasteiger partial charge in [0.05, 0.1) is 0 Å². The van der Waals surface area contributed by atoms with Gasteiger partial charge >= 0.3 is 0 Å². The van der Waals surface area contributed by atoms with Gasteiger partial charge in [-0.05, 0) is 64.3 Å². The van der Waals surface area contributed by atoms with Crippen LogP contribution in [0.4, 0.5) is 0 Å². The first-order chi connectivity index (χ1) is 8.73. The molecule has 1 unspecified atom stereocenters. The van der Waals surface area contributed by atoms with E-state index in [0.29, 0.717) is 0 Å². The Morgan fingerprint density at radius 1 is 1.21 bits per heavy atom. The summed E-state index contributed by atoms with van der Waals surface area (Å²) in [6, 6.07) is 4.19. The Labute approximate surface area is 126 Å². The minimum Gasteiger partial charge on any atom is -0.489 e. The zero-order chi connectivity index (χ0) is 14.6. The molecule has 0 aliphatic carbocycles. The SMILES string of the molecule is CCC(CNC(C)(C)C)Oc1cc(C)c(Br)c(C)c1. The van der Waals surface area contributed by atoms with E-state index < -0.39 is 0 Å². The van der Waals surface area contributed by atoms with Gasteiger partial charge in [-0.1, -0.05) is 22.9 Å². The Bertz CT molecular complexity index is 400. The second-order valence-electron chi connectivity index (χ2n) is 6.15. The monoisotopic (exact) mass is 327 g/mol. The molecule has 0 saturated heterocycles. The van der Waals surface area contributed by atoms with Gasteiger partial charge in [-0.25, -0.2) is 0 Å². The van der Waals surface area contributed by atoms with E-state index in [4.69, 9.17) is 4.74 Å². The maximum Gasteiger partial charge on any atom is 0.120 e. The van der Waals surface area contributed by atoms with Crippen LogP contribution in [0.25, 0.3) is 0 Å². The number of hydrogen-bond acceptors (Lipinski definition) is 2. The summed E-state index contributed by atoms with van der Waals surface area (Å²) in [4.78, 5) is 0. The molecule has 0 bridgehead atoms. The third-order valence-electron chi connectivity index (χ3n) is 3.03. The number of halogens is 1. The van der Waals surface area contributed by atoms with Gasteiger partial charge in [0.15, 0.2) is 0 Å². The molecule has 0 amide bonds. The normalized spacial score (nSPS) is 13.4. The molecule has 0 heterocycles. The van der Waals surface area contributed by atoms with Crippen molar-refractivity contribution < 1.29 is 4.74 Å². The van der Waals surface area contributed by atoms with Gasteiger partial charge in [0.25, 0.3) is 0 Å². The summed E-state index contributed by atoms with van der Waals surface area (Å²) in [5.41, 5.74) is 2.56. The number of benzene rings is 1. The van der Waals surface area contributed by atoms with Crippen LogP contribution < -0.4 is 10.1 Å². The first-order valence-corrected chi connectivity index (χ1v) is 7.70. The fraction of sp³-hybridized carbons (Fsp3) is 0.625. The molecule has 1 rings (SSSR count). The van der Waals surface area contributed by atoms with Crippen LogP contribution in [0.2, 0.25) is 0 Å². The van der Waals surface area contributed by atoms with Crippen LogP contribution in [0.15, 0.2) is 16.6 Å². The summed E-state index contributed by atoms with van der Waals surface area (Å²) in [6.45, 7) is 13.7. The number of aryl methyl sites for hydroxylation is 2. The molecule has 0 spiro atoms. The van der Waals surface area contributed by atoms with E-state index in [1.807, 2.05) is 0 Å². The van der Waals surface area contributed by atoms with Crippen LogP contribution >= 0.6 is 15.9 Å². The lowest BCUT2D eigenvalue weighted by atomic mass is 10.1. The Balaban J connectivity index is 2.71. The number of hydrogen-bond donors (Lipinski definition) is 1. The average molecular weight is 328 g/mol. The van der Waals surface area contributed by atoms with Crippen LogP contribution in [0.3, 0.4) is 0 Å². The second-order valence-corrected chi connectivity index (χ2v) is 6.94. The highest BCUT2D eigenvalue weighted by molar-refractivity contribution is 9.10. The molecule has 2 nitrogen and oxygen atoms in total. The Kier molecular flexibility index (Phi) is 5.87. The maximum atomic E-state index is 6.09. The minimum absolute atomic E-state index is 0.127. The summed E-state index contributed by atoms with van der Waals surface area (Å²) in [5, 5.41) is 3.50. The highest BCUT2D eigenvalue weighted by Crippen LogP contribution is 2.27. The Morgan fingerprint density at radius 3 is 2.16 bits per heavy atom. The van der Waals surface area contributed by atoms with Gasteiger partial charge in [-0.15, -0.1) is 0 Å². The van der Waals surface area contributed by atoms with Crippen molar-refractivity contribution in [2.24, 2.45) is 0 Å². The van der Waals surface area contributed by atoms with E-state index in [9.17, 15) is 0 Å². The maximum absolute atomic E-state index is 6.09. The second kappa shape index (κ2) is 6.76. The van der Waals surface area contributed by atoms with Crippen molar-refractivity contribution in [2.75, 3.05) is 6.54 Å². The van der Waals surface area contributed by atoms with Gasteiger partial charge in [-0.2, -0.15) is 0 Å². The third kappa shape index (κ3) is 5.53. The van der Waals surface area contributed by atoms with Gasteiger partial charge in [0.1, 0.15) is 11.9 Å². The van der Waals surface area contributed by atoms with Crippen molar-refractivity contribution in [3.05, 3.63) is 27.7 Å². The van der Waals surface area contributed by atoms with Gasteiger partial charge in [0, 0.05) is 16.6 Å². The molecule has 0 aliphatic heterocycles. The van der Waals surface area contributed by atoms with Crippen molar-refractivity contribution in [1.29, 1.82) is 0 Å². The summed E-state index contributed by atoms with van der Waals surface area (Å²) in [5.74, 6) is 0.959. The summed E-state index contributed by atoms with van der Waals surface area (Å²) >= 11 is 3.59. The summed E-state index contributed by atoms with van der Waals surface area (Å²) in [7, 11) is 0. The van der Waals surface area contributed by atoms with E-state index in [-0.39, 0.29) is 11.6 Å². The minimum atomic E-state index is 0.127. The number of rotatable bonds is 5. The summed E-state index contributed by atoms with van der Waals surface area (Å²) < 4.78 is 7.26. The highest BCUT2D eigenvalue weighted by Gasteiger charge is 2.14. The smallest absolute Gasteiger partial charge is 0.120 e. The molecule has 1 aromatic carbocycles. The fourth-order valence-corrected chi connectivity index (χ4v) is 2.08. The zero-order valence-corrected chi connectivity index (χ0v) is 14.5. The molecule has 0 aliphatic rings. The van der Waals surface area contributed by atoms with Crippen LogP contribution in [0, 0.1) is 13.8 Å². The number of ether oxygens (including phenoxy) is 1. The van der Waals surface area contributed by atoms with Gasteiger partial charge < -0.3 is 10.1 Å². The molecule has 0 fully saturated rings. The first kappa shape index (κ1) is 16.5. The molecular formula is C16H26BrNO. The standard InChI is InChI=1S/C16H26BrNO/c1-7-13(10-18-16(4,5)6)19-14-8-11(2)15(17)12(3)9-14/h8-9,13,18H,7,10H2,1-6H3. The molecule has 0 saturated carbocycles. The lowest BCUT2D eigenvalue weighted by molar-refractivity contribution is 0.181. The number of nitrogens with one attached hydrogen (secondary N) is 1. The van der Waals surface area contributed by atoms with Crippen molar-refractivity contribution in [3.8, 4) is 5.75 Å². The predicted octanol–water partition coefficient (Wildman–Crippen LogP) is 4.61. The molecule has 3 heteroatoms. The Morgan fingerprint density at radius 2 is 1.74 bits per heavy atom. The molecular weight excluding hydrogens is 302 g/mol. The van der Waals surface area contributed by atoms with Crippen molar-refractivity contribution >= 4 is 15.9 Å². The van der Waals surface area contributed by atoms with Crippen LogP contribution in [-0.2, 0) is 0 Å². The molecule has 1 atom stereocenters. The van der Waals surface area contributed by atoms with Gasteiger partial charge in [0.2, 0.25) is 0 Å². The largest absolute Gasteiger partial charge is 0.489 e. The molecule has 0 aromatic heterocycles. The first-order valence-electron chi connectivity index (χ1n) is 6.91. The average Bonchev–Trinajstić information content (AvgIpc) is 2.30. The van der Waals surface area contributed by atoms with Crippen LogP contribution in [0.5, 0.6) is 5.75 Å². The Hall–Kier alpha value is -0.540. The lowest BCUT2D eigenvalue weighted by Crippen LogP contribution is -2.42. The molecule has 1 N–H and O–H groups in total. The van der Waals surface area contributed by atoms with E-state index in [2.05, 4.69) is 74.9 Å². The van der Waals surface area contributed by atoms with E-state index >= 15 is 0 Å². The van der Waals surface area contributed by atoms with Crippen LogP contribution in [-0.4, -0.2) is 18.2 Å². The quantitative estimate of drug-likeness (QED) is 0.852. The molecule has 19 heavy (non-hydrogen) atoms. The fourth-order valence-electron chi connectivity index (χ4n) is 1.86. The van der Waals surface area contributed by atoms with Crippen molar-refractivity contribution in [3.63, 3.8) is 0 Å².